The summed E-state index contributed by atoms with van der Waals surface area (Å²) in [5.74, 6) is 0.818. The van der Waals surface area contributed by atoms with Crippen molar-refractivity contribution in [1.82, 2.24) is 9.97 Å². The zero-order chi connectivity index (χ0) is 13.0. The van der Waals surface area contributed by atoms with Gasteiger partial charge in [-0.05, 0) is 12.8 Å². The van der Waals surface area contributed by atoms with Crippen molar-refractivity contribution in [2.75, 3.05) is 24.2 Å². The molecule has 1 aromatic rings. The summed E-state index contributed by atoms with van der Waals surface area (Å²) in [6, 6.07) is 0. The second kappa shape index (κ2) is 5.71. The molecule has 1 fully saturated rings. The molecule has 0 saturated heterocycles. The molecule has 0 aliphatic heterocycles. The highest BCUT2D eigenvalue weighted by Crippen LogP contribution is 2.36. The Kier molecular flexibility index (Phi) is 4.24. The summed E-state index contributed by atoms with van der Waals surface area (Å²) >= 11 is 6.02. The van der Waals surface area contributed by atoms with Crippen LogP contribution >= 0.6 is 11.6 Å². The quantitative estimate of drug-likeness (QED) is 0.780. The van der Waals surface area contributed by atoms with Gasteiger partial charge in [0.05, 0.1) is 6.61 Å². The average Bonchev–Trinajstić information content (AvgIpc) is 2.41. The Labute approximate surface area is 112 Å². The van der Waals surface area contributed by atoms with Crippen LogP contribution in [0.15, 0.2) is 6.33 Å². The van der Waals surface area contributed by atoms with Crippen LogP contribution in [-0.2, 0) is 0 Å². The minimum Gasteiger partial charge on any atom is -0.396 e. The first-order chi connectivity index (χ1) is 8.67. The number of hydrogen-bond acceptors (Lipinski definition) is 5. The lowest BCUT2D eigenvalue weighted by Gasteiger charge is -2.35. The van der Waals surface area contributed by atoms with Crippen molar-refractivity contribution in [3.05, 3.63) is 11.3 Å². The fourth-order valence-electron chi connectivity index (χ4n) is 2.47. The van der Waals surface area contributed by atoms with Gasteiger partial charge in [0.1, 0.15) is 23.0 Å². The van der Waals surface area contributed by atoms with Crippen LogP contribution in [0, 0.1) is 5.41 Å². The molecule has 1 aliphatic rings. The number of aliphatic hydroxyl groups is 1. The van der Waals surface area contributed by atoms with Gasteiger partial charge in [-0.1, -0.05) is 30.9 Å². The molecule has 0 aromatic carbocycles. The summed E-state index contributed by atoms with van der Waals surface area (Å²) in [5, 5.41) is 13.2. The van der Waals surface area contributed by atoms with Crippen molar-refractivity contribution in [3.8, 4) is 0 Å². The highest BCUT2D eigenvalue weighted by Gasteiger charge is 2.31. The van der Waals surface area contributed by atoms with Crippen molar-refractivity contribution >= 4 is 23.2 Å². The molecule has 2 rings (SSSR count). The van der Waals surface area contributed by atoms with E-state index in [0.717, 1.165) is 12.8 Å². The molecule has 18 heavy (non-hydrogen) atoms. The lowest BCUT2D eigenvalue weighted by atomic mass is 9.74. The third-order valence-corrected chi connectivity index (χ3v) is 4.07. The molecule has 0 spiro atoms. The lowest BCUT2D eigenvalue weighted by Crippen LogP contribution is -2.35. The summed E-state index contributed by atoms with van der Waals surface area (Å²) in [4.78, 5) is 7.89. The van der Waals surface area contributed by atoms with Gasteiger partial charge in [-0.3, -0.25) is 0 Å². The molecule has 1 aromatic heterocycles. The van der Waals surface area contributed by atoms with Crippen LogP contribution in [0.25, 0.3) is 0 Å². The topological polar surface area (TPSA) is 84.1 Å². The van der Waals surface area contributed by atoms with E-state index in [1.54, 1.807) is 0 Å². The van der Waals surface area contributed by atoms with Gasteiger partial charge in [-0.25, -0.2) is 9.97 Å². The van der Waals surface area contributed by atoms with Crippen LogP contribution < -0.4 is 11.1 Å². The van der Waals surface area contributed by atoms with Crippen LogP contribution in [0.5, 0.6) is 0 Å². The molecular formula is C12H19ClN4O. The highest BCUT2D eigenvalue weighted by atomic mass is 35.5. The maximum Gasteiger partial charge on any atom is 0.150 e. The molecule has 100 valence electrons. The number of nitrogen functional groups attached to an aromatic ring is 1. The van der Waals surface area contributed by atoms with E-state index in [2.05, 4.69) is 15.3 Å². The van der Waals surface area contributed by atoms with Crippen LogP contribution in [-0.4, -0.2) is 28.2 Å². The average molecular weight is 271 g/mol. The minimum absolute atomic E-state index is 0.0543. The number of nitrogens with two attached hydrogens (primary N) is 1. The fraction of sp³-hybridized carbons (Fsp3) is 0.667. The van der Waals surface area contributed by atoms with E-state index < -0.39 is 0 Å². The van der Waals surface area contributed by atoms with E-state index in [-0.39, 0.29) is 17.8 Å². The number of nitrogens with zero attached hydrogens (tertiary/aromatic N) is 2. The van der Waals surface area contributed by atoms with Crippen molar-refractivity contribution in [1.29, 1.82) is 0 Å². The smallest absolute Gasteiger partial charge is 0.150 e. The van der Waals surface area contributed by atoms with Gasteiger partial charge in [0.15, 0.2) is 0 Å². The predicted octanol–water partition coefficient (Wildman–Crippen LogP) is 2.07. The Morgan fingerprint density at radius 3 is 2.72 bits per heavy atom. The third kappa shape index (κ3) is 2.84. The van der Waals surface area contributed by atoms with Gasteiger partial charge >= 0.3 is 0 Å². The summed E-state index contributed by atoms with van der Waals surface area (Å²) < 4.78 is 0. The van der Waals surface area contributed by atoms with Crippen molar-refractivity contribution in [3.63, 3.8) is 0 Å². The number of hydrogen-bond donors (Lipinski definition) is 3. The number of aliphatic hydroxyl groups excluding tert-OH is 1. The fourth-order valence-corrected chi connectivity index (χ4v) is 2.63. The van der Waals surface area contributed by atoms with Gasteiger partial charge in [-0.15, -0.1) is 0 Å². The maximum atomic E-state index is 9.61. The number of halogens is 1. The zero-order valence-electron chi connectivity index (χ0n) is 10.3. The van der Waals surface area contributed by atoms with E-state index in [4.69, 9.17) is 17.3 Å². The Morgan fingerprint density at radius 2 is 2.06 bits per heavy atom. The molecular weight excluding hydrogens is 252 g/mol. The van der Waals surface area contributed by atoms with E-state index >= 15 is 0 Å². The molecule has 0 unspecified atom stereocenters. The van der Waals surface area contributed by atoms with E-state index in [1.165, 1.54) is 25.6 Å². The Hall–Kier alpha value is -1.07. The normalized spacial score (nSPS) is 18.6. The van der Waals surface area contributed by atoms with Crippen LogP contribution in [0.3, 0.4) is 0 Å². The van der Waals surface area contributed by atoms with Gasteiger partial charge in [-0.2, -0.15) is 0 Å². The Balaban J connectivity index is 2.03. The van der Waals surface area contributed by atoms with Crippen molar-refractivity contribution < 1.29 is 5.11 Å². The number of rotatable bonds is 4. The van der Waals surface area contributed by atoms with Crippen molar-refractivity contribution in [2.24, 2.45) is 5.41 Å². The molecule has 0 amide bonds. The Morgan fingerprint density at radius 1 is 1.33 bits per heavy atom. The summed E-state index contributed by atoms with van der Waals surface area (Å²) in [6.07, 6.45) is 7.05. The molecule has 1 aliphatic carbocycles. The second-order valence-corrected chi connectivity index (χ2v) is 5.37. The molecule has 5 nitrogen and oxygen atoms in total. The predicted molar refractivity (Wildman–Crippen MR) is 72.5 cm³/mol. The highest BCUT2D eigenvalue weighted by molar-refractivity contribution is 6.35. The molecule has 0 bridgehead atoms. The standard InChI is InChI=1S/C12H19ClN4O/c13-9-10(14)16-8-17-11(9)15-6-12(7-18)4-2-1-3-5-12/h8,18H,1-7H2,(H3,14,15,16,17). The van der Waals surface area contributed by atoms with E-state index in [1.807, 2.05) is 0 Å². The maximum absolute atomic E-state index is 9.61. The summed E-state index contributed by atoms with van der Waals surface area (Å²) in [6.45, 7) is 0.859. The van der Waals surface area contributed by atoms with Crippen LogP contribution in [0.4, 0.5) is 11.6 Å². The lowest BCUT2D eigenvalue weighted by molar-refractivity contribution is 0.0943. The SMILES string of the molecule is Nc1ncnc(NCC2(CO)CCCCC2)c1Cl. The molecule has 0 radical (unpaired) electrons. The van der Waals surface area contributed by atoms with Gasteiger partial charge in [0.2, 0.25) is 0 Å². The third-order valence-electron chi connectivity index (χ3n) is 3.70. The van der Waals surface area contributed by atoms with E-state index in [0.29, 0.717) is 17.4 Å². The first kappa shape index (κ1) is 13.4. The van der Waals surface area contributed by atoms with Gasteiger partial charge in [0.25, 0.3) is 0 Å². The minimum atomic E-state index is -0.0543. The largest absolute Gasteiger partial charge is 0.396 e. The first-order valence-corrected chi connectivity index (χ1v) is 6.65. The number of aromatic nitrogens is 2. The second-order valence-electron chi connectivity index (χ2n) is 4.99. The molecule has 1 heterocycles. The molecule has 6 heteroatoms. The number of anilines is 2. The monoisotopic (exact) mass is 270 g/mol. The summed E-state index contributed by atoms with van der Waals surface area (Å²) in [7, 11) is 0. The van der Waals surface area contributed by atoms with Crippen LogP contribution in [0.1, 0.15) is 32.1 Å². The molecule has 4 N–H and O–H groups in total. The van der Waals surface area contributed by atoms with Crippen molar-refractivity contribution in [2.45, 2.75) is 32.1 Å². The van der Waals surface area contributed by atoms with E-state index in [9.17, 15) is 5.11 Å². The molecule has 1 saturated carbocycles. The molecule has 0 atom stereocenters. The number of nitrogens with one attached hydrogen (secondary N) is 1. The van der Waals surface area contributed by atoms with Gasteiger partial charge in [0, 0.05) is 12.0 Å². The van der Waals surface area contributed by atoms with Crippen LogP contribution in [0.2, 0.25) is 5.02 Å². The Bertz CT molecular complexity index is 407. The first-order valence-electron chi connectivity index (χ1n) is 6.28. The zero-order valence-corrected chi connectivity index (χ0v) is 11.1. The van der Waals surface area contributed by atoms with Gasteiger partial charge < -0.3 is 16.2 Å². The summed E-state index contributed by atoms with van der Waals surface area (Å²) in [5.41, 5.74) is 5.57.